The SMILES string of the molecule is CCc1ccc(S(=O)(=O)NCc2ccc3c(c2)N(C(=O)c2ccc(OC)cc2)[C@H](C)C3)cc1. The zero-order chi connectivity index (χ0) is 23.6. The third kappa shape index (κ3) is 4.79. The van der Waals surface area contributed by atoms with E-state index in [4.69, 9.17) is 4.74 Å². The summed E-state index contributed by atoms with van der Waals surface area (Å²) in [5, 5.41) is 0. The summed E-state index contributed by atoms with van der Waals surface area (Å²) in [6.07, 6.45) is 1.61. The van der Waals surface area contributed by atoms with Crippen LogP contribution in [0.15, 0.2) is 71.6 Å². The van der Waals surface area contributed by atoms with Crippen LogP contribution in [0.25, 0.3) is 0 Å². The Hall–Kier alpha value is -3.16. The van der Waals surface area contributed by atoms with Crippen molar-refractivity contribution in [2.75, 3.05) is 12.0 Å². The van der Waals surface area contributed by atoms with Crippen LogP contribution in [0.5, 0.6) is 5.75 Å². The maximum Gasteiger partial charge on any atom is 0.258 e. The first-order valence-corrected chi connectivity index (χ1v) is 12.5. The number of fused-ring (bicyclic) bond motifs is 1. The molecule has 1 aliphatic heterocycles. The molecule has 0 aliphatic carbocycles. The van der Waals surface area contributed by atoms with E-state index in [2.05, 4.69) is 4.72 Å². The van der Waals surface area contributed by atoms with E-state index in [1.165, 1.54) is 0 Å². The third-order valence-corrected chi connectivity index (χ3v) is 7.45. The fourth-order valence-corrected chi connectivity index (χ4v) is 5.13. The Morgan fingerprint density at radius 1 is 1.03 bits per heavy atom. The molecule has 6 nitrogen and oxygen atoms in total. The van der Waals surface area contributed by atoms with Gasteiger partial charge in [-0.1, -0.05) is 31.2 Å². The summed E-state index contributed by atoms with van der Waals surface area (Å²) in [4.78, 5) is 15.3. The zero-order valence-corrected chi connectivity index (χ0v) is 19.9. The van der Waals surface area contributed by atoms with Crippen LogP contribution in [0, 0.1) is 0 Å². The van der Waals surface area contributed by atoms with Gasteiger partial charge < -0.3 is 9.64 Å². The lowest BCUT2D eigenvalue weighted by atomic mass is 10.1. The number of ether oxygens (including phenoxy) is 1. The highest BCUT2D eigenvalue weighted by atomic mass is 32.2. The van der Waals surface area contributed by atoms with Crippen molar-refractivity contribution in [1.82, 2.24) is 4.72 Å². The molecule has 0 radical (unpaired) electrons. The second-order valence-corrected chi connectivity index (χ2v) is 10.0. The molecule has 1 atom stereocenters. The Balaban J connectivity index is 1.53. The van der Waals surface area contributed by atoms with Crippen LogP contribution in [0.1, 0.15) is 40.9 Å². The summed E-state index contributed by atoms with van der Waals surface area (Å²) >= 11 is 0. The monoisotopic (exact) mass is 464 g/mol. The minimum Gasteiger partial charge on any atom is -0.497 e. The molecule has 1 N–H and O–H groups in total. The molecule has 0 bridgehead atoms. The van der Waals surface area contributed by atoms with Crippen LogP contribution in [-0.2, 0) is 29.4 Å². The first-order chi connectivity index (χ1) is 15.8. The van der Waals surface area contributed by atoms with E-state index in [-0.39, 0.29) is 23.4 Å². The molecule has 33 heavy (non-hydrogen) atoms. The molecule has 0 aromatic heterocycles. The number of hydrogen-bond donors (Lipinski definition) is 1. The molecular formula is C26H28N2O4S. The number of carbonyl (C=O) groups excluding carboxylic acids is 1. The van der Waals surface area contributed by atoms with Crippen LogP contribution < -0.4 is 14.4 Å². The summed E-state index contributed by atoms with van der Waals surface area (Å²) < 4.78 is 33.3. The maximum absolute atomic E-state index is 13.3. The molecule has 172 valence electrons. The lowest BCUT2D eigenvalue weighted by molar-refractivity contribution is 0.0981. The first-order valence-electron chi connectivity index (χ1n) is 11.0. The van der Waals surface area contributed by atoms with E-state index in [1.54, 1.807) is 48.4 Å². The number of hydrogen-bond acceptors (Lipinski definition) is 4. The van der Waals surface area contributed by atoms with Crippen LogP contribution >= 0.6 is 0 Å². The minimum atomic E-state index is -3.63. The second kappa shape index (κ2) is 9.37. The molecule has 0 fully saturated rings. The van der Waals surface area contributed by atoms with E-state index >= 15 is 0 Å². The number of methoxy groups -OCH3 is 1. The molecule has 0 unspecified atom stereocenters. The van der Waals surface area contributed by atoms with Gasteiger partial charge in [-0.05, 0) is 78.9 Å². The third-order valence-electron chi connectivity index (χ3n) is 6.03. The van der Waals surface area contributed by atoms with Crippen molar-refractivity contribution in [2.45, 2.75) is 44.2 Å². The summed E-state index contributed by atoms with van der Waals surface area (Å²) in [5.74, 6) is 0.609. The van der Waals surface area contributed by atoms with Crippen molar-refractivity contribution in [3.05, 3.63) is 89.0 Å². The summed E-state index contributed by atoms with van der Waals surface area (Å²) in [6.45, 7) is 4.19. The van der Waals surface area contributed by atoms with Gasteiger partial charge in [0.05, 0.1) is 12.0 Å². The number of benzene rings is 3. The first kappa shape index (κ1) is 23.0. The number of sulfonamides is 1. The summed E-state index contributed by atoms with van der Waals surface area (Å²) in [7, 11) is -2.04. The average Bonchev–Trinajstić information content (AvgIpc) is 3.17. The molecule has 1 amide bonds. The second-order valence-electron chi connectivity index (χ2n) is 8.24. The maximum atomic E-state index is 13.3. The van der Waals surface area contributed by atoms with E-state index in [1.807, 2.05) is 44.2 Å². The van der Waals surface area contributed by atoms with Gasteiger partial charge in [0.2, 0.25) is 10.0 Å². The predicted octanol–water partition coefficient (Wildman–Crippen LogP) is 4.33. The Morgan fingerprint density at radius 2 is 1.70 bits per heavy atom. The minimum absolute atomic E-state index is 0.0126. The van der Waals surface area contributed by atoms with Gasteiger partial charge in [0.25, 0.3) is 5.91 Å². The highest BCUT2D eigenvalue weighted by molar-refractivity contribution is 7.89. The van der Waals surface area contributed by atoms with Gasteiger partial charge in [-0.3, -0.25) is 4.79 Å². The number of nitrogens with zero attached hydrogens (tertiary/aromatic N) is 1. The summed E-state index contributed by atoms with van der Waals surface area (Å²) in [5.41, 5.74) is 4.36. The summed E-state index contributed by atoms with van der Waals surface area (Å²) in [6, 6.07) is 19.8. The van der Waals surface area contributed by atoms with E-state index in [0.29, 0.717) is 11.3 Å². The smallest absolute Gasteiger partial charge is 0.258 e. The lowest BCUT2D eigenvalue weighted by Gasteiger charge is -2.23. The van der Waals surface area contributed by atoms with Gasteiger partial charge in [-0.2, -0.15) is 0 Å². The molecule has 3 aromatic carbocycles. The van der Waals surface area contributed by atoms with Gasteiger partial charge in [0.1, 0.15) is 5.75 Å². The Bertz CT molecular complexity index is 1250. The lowest BCUT2D eigenvalue weighted by Crippen LogP contribution is -2.35. The molecule has 0 saturated carbocycles. The average molecular weight is 465 g/mol. The molecule has 1 aliphatic rings. The van der Waals surface area contributed by atoms with Gasteiger partial charge in [-0.15, -0.1) is 0 Å². The van der Waals surface area contributed by atoms with Crippen molar-refractivity contribution in [3.63, 3.8) is 0 Å². The number of nitrogens with one attached hydrogen (secondary N) is 1. The molecule has 7 heteroatoms. The predicted molar refractivity (Wildman–Crippen MR) is 129 cm³/mol. The van der Waals surface area contributed by atoms with Gasteiger partial charge in [0.15, 0.2) is 0 Å². The number of rotatable bonds is 7. The highest BCUT2D eigenvalue weighted by Gasteiger charge is 2.31. The van der Waals surface area contributed by atoms with Crippen molar-refractivity contribution in [1.29, 1.82) is 0 Å². The van der Waals surface area contributed by atoms with Crippen molar-refractivity contribution in [2.24, 2.45) is 0 Å². The number of aryl methyl sites for hydroxylation is 1. The quantitative estimate of drug-likeness (QED) is 0.565. The zero-order valence-electron chi connectivity index (χ0n) is 19.0. The number of anilines is 1. The van der Waals surface area contributed by atoms with Gasteiger partial charge in [0, 0.05) is 23.8 Å². The normalized spacial score (nSPS) is 15.4. The molecule has 1 heterocycles. The molecule has 3 aromatic rings. The van der Waals surface area contributed by atoms with Crippen LogP contribution in [0.2, 0.25) is 0 Å². The standard InChI is InChI=1S/C26H28N2O4S/c1-4-19-6-13-24(14-7-19)33(30,31)27-17-20-5-8-22-15-18(2)28(25(22)16-20)26(29)21-9-11-23(32-3)12-10-21/h5-14,16,18,27H,4,15,17H2,1-3H3/t18-/m1/s1. The van der Waals surface area contributed by atoms with E-state index in [0.717, 1.165) is 35.2 Å². The van der Waals surface area contributed by atoms with Crippen LogP contribution in [0.4, 0.5) is 5.69 Å². The van der Waals surface area contributed by atoms with Crippen molar-refractivity contribution >= 4 is 21.6 Å². The van der Waals surface area contributed by atoms with E-state index in [9.17, 15) is 13.2 Å². The fraction of sp³-hybridized carbons (Fsp3) is 0.269. The molecule has 4 rings (SSSR count). The molecule has 0 saturated heterocycles. The van der Waals surface area contributed by atoms with Gasteiger partial charge in [-0.25, -0.2) is 13.1 Å². The van der Waals surface area contributed by atoms with E-state index < -0.39 is 10.0 Å². The molecular weight excluding hydrogens is 436 g/mol. The number of amides is 1. The Morgan fingerprint density at radius 3 is 2.33 bits per heavy atom. The van der Waals surface area contributed by atoms with Gasteiger partial charge >= 0.3 is 0 Å². The van der Waals surface area contributed by atoms with Crippen LogP contribution in [-0.4, -0.2) is 27.5 Å². The van der Waals surface area contributed by atoms with Crippen molar-refractivity contribution in [3.8, 4) is 5.75 Å². The Kier molecular flexibility index (Phi) is 6.54. The number of carbonyl (C=O) groups is 1. The largest absolute Gasteiger partial charge is 0.497 e. The topological polar surface area (TPSA) is 75.7 Å². The fourth-order valence-electron chi connectivity index (χ4n) is 4.11. The molecule has 0 spiro atoms. The van der Waals surface area contributed by atoms with Crippen molar-refractivity contribution < 1.29 is 17.9 Å². The van der Waals surface area contributed by atoms with Crippen LogP contribution in [0.3, 0.4) is 0 Å². The highest BCUT2D eigenvalue weighted by Crippen LogP contribution is 2.34. The Labute approximate surface area is 195 Å².